The molecule has 2 aromatic rings. The molecule has 0 spiro atoms. The molecule has 8 heteroatoms. The van der Waals surface area contributed by atoms with Crippen molar-refractivity contribution in [3.63, 3.8) is 0 Å². The molecule has 2 N–H and O–H groups in total. The van der Waals surface area contributed by atoms with Crippen molar-refractivity contribution in [3.8, 4) is 5.75 Å². The first-order chi connectivity index (χ1) is 12.0. The molecule has 2 rings (SSSR count). The Hall–Kier alpha value is -3.68. The minimum Gasteiger partial charge on any atom is -0.489 e. The lowest BCUT2D eigenvalue weighted by molar-refractivity contribution is -0.384. The van der Waals surface area contributed by atoms with Crippen molar-refractivity contribution >= 4 is 17.5 Å². The summed E-state index contributed by atoms with van der Waals surface area (Å²) in [5, 5.41) is 10.6. The van der Waals surface area contributed by atoms with Crippen molar-refractivity contribution in [2.45, 2.75) is 0 Å². The number of nitrogens with one attached hydrogen (secondary N) is 2. The molecule has 128 valence electrons. The van der Waals surface area contributed by atoms with E-state index in [4.69, 9.17) is 4.74 Å². The van der Waals surface area contributed by atoms with Gasteiger partial charge in [0.25, 0.3) is 17.5 Å². The standard InChI is InChI=1S/C17H15N3O5/c1-2-11-25-15-6-4-3-5-14(15)17(22)19-18-16(21)12-7-9-13(10-8-12)20(23)24/h2-10H,1,11H2,(H,18,21)(H,19,22). The highest BCUT2D eigenvalue weighted by molar-refractivity contribution is 6.00. The minimum atomic E-state index is -0.604. The van der Waals surface area contributed by atoms with Crippen LogP contribution in [0.1, 0.15) is 20.7 Å². The fraction of sp³-hybridized carbons (Fsp3) is 0.0588. The highest BCUT2D eigenvalue weighted by atomic mass is 16.6. The van der Waals surface area contributed by atoms with Gasteiger partial charge in [0.1, 0.15) is 12.4 Å². The number of carbonyl (C=O) groups excluding carboxylic acids is 2. The number of nitrogens with zero attached hydrogens (tertiary/aromatic N) is 1. The van der Waals surface area contributed by atoms with Crippen molar-refractivity contribution in [2.24, 2.45) is 0 Å². The zero-order valence-electron chi connectivity index (χ0n) is 13.1. The molecule has 0 bridgehead atoms. The Morgan fingerprint density at radius 2 is 1.72 bits per heavy atom. The molecule has 25 heavy (non-hydrogen) atoms. The summed E-state index contributed by atoms with van der Waals surface area (Å²) in [4.78, 5) is 34.2. The summed E-state index contributed by atoms with van der Waals surface area (Å²) in [6, 6.07) is 11.5. The Morgan fingerprint density at radius 3 is 2.36 bits per heavy atom. The van der Waals surface area contributed by atoms with E-state index in [1.807, 2.05) is 0 Å². The molecule has 0 radical (unpaired) electrons. The largest absolute Gasteiger partial charge is 0.489 e. The number of amides is 2. The lowest BCUT2D eigenvalue weighted by atomic mass is 10.2. The van der Waals surface area contributed by atoms with Crippen LogP contribution < -0.4 is 15.6 Å². The molecule has 2 amide bonds. The predicted octanol–water partition coefficient (Wildman–Crippen LogP) is 2.23. The Labute approximate surface area is 143 Å². The van der Waals surface area contributed by atoms with Gasteiger partial charge in [0.05, 0.1) is 10.5 Å². The number of ether oxygens (including phenoxy) is 1. The Balaban J connectivity index is 2.01. The number of rotatable bonds is 6. The van der Waals surface area contributed by atoms with Gasteiger partial charge in [0.2, 0.25) is 0 Å². The summed E-state index contributed by atoms with van der Waals surface area (Å²) in [6.45, 7) is 3.77. The highest BCUT2D eigenvalue weighted by Gasteiger charge is 2.14. The number of hydrogen-bond acceptors (Lipinski definition) is 5. The molecule has 0 fully saturated rings. The van der Waals surface area contributed by atoms with Crippen LogP contribution >= 0.6 is 0 Å². The lowest BCUT2D eigenvalue weighted by Gasteiger charge is -2.11. The minimum absolute atomic E-state index is 0.131. The number of hydrogen-bond donors (Lipinski definition) is 2. The molecule has 2 aromatic carbocycles. The van der Waals surface area contributed by atoms with Crippen molar-refractivity contribution in [3.05, 3.63) is 82.4 Å². The molecular formula is C17H15N3O5. The van der Waals surface area contributed by atoms with E-state index < -0.39 is 16.7 Å². The predicted molar refractivity (Wildman–Crippen MR) is 90.2 cm³/mol. The monoisotopic (exact) mass is 341 g/mol. The maximum Gasteiger partial charge on any atom is 0.273 e. The first-order valence-electron chi connectivity index (χ1n) is 7.21. The second-order valence-electron chi connectivity index (χ2n) is 4.81. The van der Waals surface area contributed by atoms with Crippen LogP contribution in [0.5, 0.6) is 5.75 Å². The molecule has 0 aliphatic carbocycles. The normalized spacial score (nSPS) is 9.76. The summed E-state index contributed by atoms with van der Waals surface area (Å²) in [6.07, 6.45) is 1.55. The van der Waals surface area contributed by atoms with Crippen molar-refractivity contribution < 1.29 is 19.2 Å². The summed E-state index contributed by atoms with van der Waals surface area (Å²) in [5.74, 6) is -0.813. The second kappa shape index (κ2) is 8.25. The molecule has 0 unspecified atom stereocenters. The Morgan fingerprint density at radius 1 is 1.08 bits per heavy atom. The van der Waals surface area contributed by atoms with E-state index in [0.717, 1.165) is 0 Å². The van der Waals surface area contributed by atoms with Gasteiger partial charge in [0, 0.05) is 17.7 Å². The summed E-state index contributed by atoms with van der Waals surface area (Å²) in [7, 11) is 0. The third-order valence-corrected chi connectivity index (χ3v) is 3.12. The number of nitro benzene ring substituents is 1. The highest BCUT2D eigenvalue weighted by Crippen LogP contribution is 2.17. The van der Waals surface area contributed by atoms with Crippen LogP contribution in [-0.2, 0) is 0 Å². The average molecular weight is 341 g/mol. The maximum absolute atomic E-state index is 12.2. The summed E-state index contributed by atoms with van der Waals surface area (Å²) in [5.41, 5.74) is 4.80. The smallest absolute Gasteiger partial charge is 0.273 e. The van der Waals surface area contributed by atoms with Crippen LogP contribution in [0.25, 0.3) is 0 Å². The van der Waals surface area contributed by atoms with E-state index in [-0.39, 0.29) is 23.4 Å². The van der Waals surface area contributed by atoms with Crippen molar-refractivity contribution in [1.29, 1.82) is 0 Å². The van der Waals surface area contributed by atoms with E-state index in [2.05, 4.69) is 17.4 Å². The molecule has 8 nitrogen and oxygen atoms in total. The van der Waals surface area contributed by atoms with Crippen molar-refractivity contribution in [1.82, 2.24) is 10.9 Å². The molecular weight excluding hydrogens is 326 g/mol. The molecule has 0 aliphatic rings. The number of nitro groups is 1. The fourth-order valence-corrected chi connectivity index (χ4v) is 1.92. The van der Waals surface area contributed by atoms with Gasteiger partial charge in [-0.25, -0.2) is 0 Å². The van der Waals surface area contributed by atoms with E-state index in [9.17, 15) is 19.7 Å². The lowest BCUT2D eigenvalue weighted by Crippen LogP contribution is -2.41. The number of hydrazine groups is 1. The van der Waals surface area contributed by atoms with Gasteiger partial charge in [-0.2, -0.15) is 0 Å². The maximum atomic E-state index is 12.2. The quantitative estimate of drug-likeness (QED) is 0.475. The van der Waals surface area contributed by atoms with Gasteiger partial charge in [-0.3, -0.25) is 30.6 Å². The Kier molecular flexibility index (Phi) is 5.83. The zero-order chi connectivity index (χ0) is 18.2. The van der Waals surface area contributed by atoms with Crippen LogP contribution in [0.2, 0.25) is 0 Å². The third-order valence-electron chi connectivity index (χ3n) is 3.12. The van der Waals surface area contributed by atoms with Gasteiger partial charge >= 0.3 is 0 Å². The van der Waals surface area contributed by atoms with Crippen molar-refractivity contribution in [2.75, 3.05) is 6.61 Å². The molecule has 0 saturated heterocycles. The van der Waals surface area contributed by atoms with Gasteiger partial charge in [0.15, 0.2) is 0 Å². The molecule has 0 aliphatic heterocycles. The second-order valence-corrected chi connectivity index (χ2v) is 4.81. The van der Waals surface area contributed by atoms with Gasteiger partial charge in [-0.15, -0.1) is 0 Å². The number of para-hydroxylation sites is 1. The topological polar surface area (TPSA) is 111 Å². The molecule has 0 atom stereocenters. The van der Waals surface area contributed by atoms with Crippen LogP contribution in [0.3, 0.4) is 0 Å². The summed E-state index contributed by atoms with van der Waals surface area (Å²) >= 11 is 0. The first kappa shape index (κ1) is 17.7. The third kappa shape index (κ3) is 4.64. The molecule has 0 heterocycles. The van der Waals surface area contributed by atoms with E-state index >= 15 is 0 Å². The Bertz CT molecular complexity index is 802. The van der Waals surface area contributed by atoms with E-state index in [1.165, 1.54) is 24.3 Å². The average Bonchev–Trinajstić information content (AvgIpc) is 2.64. The zero-order valence-corrected chi connectivity index (χ0v) is 13.1. The van der Waals surface area contributed by atoms with Crippen LogP contribution in [0.15, 0.2) is 61.2 Å². The van der Waals surface area contributed by atoms with E-state index in [0.29, 0.717) is 5.75 Å². The van der Waals surface area contributed by atoms with Gasteiger partial charge in [-0.1, -0.05) is 24.8 Å². The molecule has 0 aromatic heterocycles. The first-order valence-corrected chi connectivity index (χ1v) is 7.21. The SMILES string of the molecule is C=CCOc1ccccc1C(=O)NNC(=O)c1ccc([N+](=O)[O-])cc1. The van der Waals surface area contributed by atoms with Crippen LogP contribution in [0.4, 0.5) is 5.69 Å². The fourth-order valence-electron chi connectivity index (χ4n) is 1.92. The summed E-state index contributed by atoms with van der Waals surface area (Å²) < 4.78 is 5.38. The number of benzene rings is 2. The number of carbonyl (C=O) groups is 2. The van der Waals surface area contributed by atoms with Crippen LogP contribution in [-0.4, -0.2) is 23.3 Å². The molecule has 0 saturated carbocycles. The van der Waals surface area contributed by atoms with Gasteiger partial charge in [-0.05, 0) is 24.3 Å². The van der Waals surface area contributed by atoms with E-state index in [1.54, 1.807) is 30.3 Å². The van der Waals surface area contributed by atoms with Gasteiger partial charge < -0.3 is 4.74 Å². The number of non-ortho nitro benzene ring substituents is 1. The van der Waals surface area contributed by atoms with Crippen LogP contribution in [0, 0.1) is 10.1 Å².